The van der Waals surface area contributed by atoms with E-state index in [1.807, 2.05) is 12.1 Å². The summed E-state index contributed by atoms with van der Waals surface area (Å²) in [6, 6.07) is 12.5. The molecule has 90 valence electrons. The van der Waals surface area contributed by atoms with Crippen LogP contribution in [0.25, 0.3) is 21.5 Å². The lowest BCUT2D eigenvalue weighted by Crippen LogP contribution is -1.85. The van der Waals surface area contributed by atoms with Crippen LogP contribution in [0.5, 0.6) is 0 Å². The maximum Gasteiger partial charge on any atom is 0.0326 e. The van der Waals surface area contributed by atoms with Crippen molar-refractivity contribution >= 4 is 72.1 Å². The van der Waals surface area contributed by atoms with Crippen molar-refractivity contribution in [3.05, 3.63) is 36.4 Å². The summed E-state index contributed by atoms with van der Waals surface area (Å²) in [7, 11) is 0. The van der Waals surface area contributed by atoms with Gasteiger partial charge in [-0.25, -0.2) is 0 Å². The highest BCUT2D eigenvalue weighted by atomic mass is 32.1. The lowest BCUT2D eigenvalue weighted by Gasteiger charge is -2.12. The van der Waals surface area contributed by atoms with Gasteiger partial charge in [0.2, 0.25) is 0 Å². The standard InChI is InChI=1S/C14H10S4/c15-11-9-5-7-3-1-2-4-8(7)6-10(9)12(16)14(18)13(11)17/h1-6,15-18H. The lowest BCUT2D eigenvalue weighted by atomic mass is 10.0. The Balaban J connectivity index is 2.58. The minimum atomic E-state index is 0.773. The molecule has 0 nitrogen and oxygen atoms in total. The molecule has 0 aromatic heterocycles. The topological polar surface area (TPSA) is 0 Å². The molecule has 0 saturated carbocycles. The average Bonchev–Trinajstić information content (AvgIpc) is 2.41. The minimum Gasteiger partial charge on any atom is -0.142 e. The summed E-state index contributed by atoms with van der Waals surface area (Å²) in [6.07, 6.45) is 0. The Morgan fingerprint density at radius 1 is 0.556 bits per heavy atom. The number of benzene rings is 3. The zero-order valence-corrected chi connectivity index (χ0v) is 12.8. The molecule has 0 amide bonds. The molecule has 0 aliphatic rings. The fourth-order valence-electron chi connectivity index (χ4n) is 2.11. The first-order valence-electron chi connectivity index (χ1n) is 5.38. The quantitative estimate of drug-likeness (QED) is 0.320. The van der Waals surface area contributed by atoms with Gasteiger partial charge in [0, 0.05) is 19.6 Å². The summed E-state index contributed by atoms with van der Waals surface area (Å²) in [6.45, 7) is 0. The average molecular weight is 307 g/mol. The van der Waals surface area contributed by atoms with E-state index in [-0.39, 0.29) is 0 Å². The van der Waals surface area contributed by atoms with E-state index in [1.165, 1.54) is 10.8 Å². The van der Waals surface area contributed by atoms with Gasteiger partial charge in [-0.15, -0.1) is 50.5 Å². The minimum absolute atomic E-state index is 0.773. The van der Waals surface area contributed by atoms with Crippen molar-refractivity contribution < 1.29 is 0 Å². The summed E-state index contributed by atoms with van der Waals surface area (Å²) in [5.41, 5.74) is 0. The first-order chi connectivity index (χ1) is 8.59. The van der Waals surface area contributed by atoms with Gasteiger partial charge in [-0.05, 0) is 33.7 Å². The molecule has 3 rings (SSSR count). The smallest absolute Gasteiger partial charge is 0.0326 e. The molecule has 0 atom stereocenters. The first kappa shape index (κ1) is 12.6. The molecule has 4 heteroatoms. The molecule has 0 unspecified atom stereocenters. The third kappa shape index (κ3) is 1.83. The highest BCUT2D eigenvalue weighted by Crippen LogP contribution is 2.40. The van der Waals surface area contributed by atoms with E-state index in [4.69, 9.17) is 0 Å². The van der Waals surface area contributed by atoms with E-state index in [9.17, 15) is 0 Å². The van der Waals surface area contributed by atoms with E-state index in [0.717, 1.165) is 30.4 Å². The van der Waals surface area contributed by atoms with Crippen molar-refractivity contribution in [2.75, 3.05) is 0 Å². The van der Waals surface area contributed by atoms with Gasteiger partial charge in [0.25, 0.3) is 0 Å². The van der Waals surface area contributed by atoms with Crippen LogP contribution in [0.15, 0.2) is 56.0 Å². The number of hydrogen-bond donors (Lipinski definition) is 4. The fourth-order valence-corrected chi connectivity index (χ4v) is 3.35. The highest BCUT2D eigenvalue weighted by molar-refractivity contribution is 7.86. The van der Waals surface area contributed by atoms with Crippen LogP contribution in [0.3, 0.4) is 0 Å². The van der Waals surface area contributed by atoms with Crippen molar-refractivity contribution in [1.82, 2.24) is 0 Å². The summed E-state index contributed by atoms with van der Waals surface area (Å²) in [5, 5.41) is 4.50. The Labute approximate surface area is 127 Å². The molecule has 0 aliphatic carbocycles. The molecule has 0 N–H and O–H groups in total. The number of rotatable bonds is 0. The maximum atomic E-state index is 4.55. The predicted molar refractivity (Wildman–Crippen MR) is 90.5 cm³/mol. The normalized spacial score (nSPS) is 11.3. The van der Waals surface area contributed by atoms with E-state index in [0.29, 0.717) is 0 Å². The van der Waals surface area contributed by atoms with Gasteiger partial charge in [0.15, 0.2) is 0 Å². The van der Waals surface area contributed by atoms with Gasteiger partial charge in [-0.3, -0.25) is 0 Å². The molecular formula is C14H10S4. The summed E-state index contributed by atoms with van der Waals surface area (Å²) in [5.74, 6) is 0. The van der Waals surface area contributed by atoms with Gasteiger partial charge >= 0.3 is 0 Å². The molecule has 0 heterocycles. The second-order valence-electron chi connectivity index (χ2n) is 4.14. The molecule has 0 spiro atoms. The second-order valence-corrected chi connectivity index (χ2v) is 5.93. The Bertz CT molecular complexity index is 712. The van der Waals surface area contributed by atoms with Crippen LogP contribution in [-0.4, -0.2) is 0 Å². The Morgan fingerprint density at radius 2 is 0.944 bits per heavy atom. The van der Waals surface area contributed by atoms with E-state index < -0.39 is 0 Å². The van der Waals surface area contributed by atoms with E-state index in [2.05, 4.69) is 74.8 Å². The molecule has 3 aromatic rings. The monoisotopic (exact) mass is 306 g/mol. The van der Waals surface area contributed by atoms with Gasteiger partial charge in [0.05, 0.1) is 0 Å². The third-order valence-electron chi connectivity index (χ3n) is 3.07. The van der Waals surface area contributed by atoms with Crippen LogP contribution in [0.4, 0.5) is 0 Å². The summed E-state index contributed by atoms with van der Waals surface area (Å²) < 4.78 is 0. The summed E-state index contributed by atoms with van der Waals surface area (Å²) >= 11 is 18.0. The predicted octanol–water partition coefficient (Wildman–Crippen LogP) is 5.15. The van der Waals surface area contributed by atoms with Gasteiger partial charge in [-0.1, -0.05) is 24.3 Å². The zero-order valence-electron chi connectivity index (χ0n) is 9.25. The number of thiol groups is 4. The second kappa shape index (κ2) is 4.60. The summed E-state index contributed by atoms with van der Waals surface area (Å²) in [4.78, 5) is 3.24. The third-order valence-corrected chi connectivity index (χ3v) is 5.42. The Morgan fingerprint density at radius 3 is 1.33 bits per heavy atom. The van der Waals surface area contributed by atoms with Gasteiger partial charge in [0.1, 0.15) is 0 Å². The van der Waals surface area contributed by atoms with Crippen LogP contribution >= 0.6 is 50.5 Å². The van der Waals surface area contributed by atoms with Crippen LogP contribution in [0, 0.1) is 0 Å². The van der Waals surface area contributed by atoms with Crippen molar-refractivity contribution in [2.45, 2.75) is 19.6 Å². The molecular weight excluding hydrogens is 296 g/mol. The Kier molecular flexibility index (Phi) is 3.22. The van der Waals surface area contributed by atoms with Crippen molar-refractivity contribution in [3.63, 3.8) is 0 Å². The number of fused-ring (bicyclic) bond motifs is 2. The van der Waals surface area contributed by atoms with Crippen molar-refractivity contribution in [1.29, 1.82) is 0 Å². The SMILES string of the molecule is Sc1c(S)c(S)c2cc3ccccc3cc2c1S. The van der Waals surface area contributed by atoms with E-state index >= 15 is 0 Å². The van der Waals surface area contributed by atoms with Crippen molar-refractivity contribution in [2.24, 2.45) is 0 Å². The molecule has 0 saturated heterocycles. The van der Waals surface area contributed by atoms with Crippen LogP contribution in [-0.2, 0) is 0 Å². The van der Waals surface area contributed by atoms with Gasteiger partial charge < -0.3 is 0 Å². The maximum absolute atomic E-state index is 4.55. The van der Waals surface area contributed by atoms with Gasteiger partial charge in [-0.2, -0.15) is 0 Å². The number of hydrogen-bond acceptors (Lipinski definition) is 4. The molecule has 0 radical (unpaired) electrons. The molecule has 18 heavy (non-hydrogen) atoms. The van der Waals surface area contributed by atoms with Crippen LogP contribution in [0.2, 0.25) is 0 Å². The highest BCUT2D eigenvalue weighted by Gasteiger charge is 2.12. The molecule has 3 aromatic carbocycles. The van der Waals surface area contributed by atoms with Crippen molar-refractivity contribution in [3.8, 4) is 0 Å². The lowest BCUT2D eigenvalue weighted by molar-refractivity contribution is 1.10. The van der Waals surface area contributed by atoms with Crippen LogP contribution in [0.1, 0.15) is 0 Å². The molecule has 0 bridgehead atoms. The zero-order chi connectivity index (χ0) is 12.9. The molecule has 0 fully saturated rings. The largest absolute Gasteiger partial charge is 0.142 e. The first-order valence-corrected chi connectivity index (χ1v) is 7.17. The fraction of sp³-hybridized carbons (Fsp3) is 0. The van der Waals surface area contributed by atoms with Crippen LogP contribution < -0.4 is 0 Å². The molecule has 0 aliphatic heterocycles. The Hall–Kier alpha value is -0.420. The van der Waals surface area contributed by atoms with E-state index in [1.54, 1.807) is 0 Å².